The Hall–Kier alpha value is -3.37. The van der Waals surface area contributed by atoms with Crippen LogP contribution in [0.4, 0.5) is 0 Å². The molecule has 0 aromatic carbocycles. The number of carbonyl (C=O) groups excluding carboxylic acids is 2. The van der Waals surface area contributed by atoms with Crippen molar-refractivity contribution < 1.29 is 9.59 Å². The molecule has 1 atom stereocenters. The molecule has 198 valence electrons. The number of hydrogen-bond acceptors (Lipinski definition) is 7. The first-order valence-electron chi connectivity index (χ1n) is 13.3. The number of nitrogens with one attached hydrogen (secondary N) is 1. The fourth-order valence-corrected chi connectivity index (χ4v) is 7.15. The van der Waals surface area contributed by atoms with Gasteiger partial charge in [-0.25, -0.2) is 9.97 Å². The second-order valence-corrected chi connectivity index (χ2v) is 11.9. The van der Waals surface area contributed by atoms with Gasteiger partial charge in [-0.2, -0.15) is 0 Å². The van der Waals surface area contributed by atoms with Crippen LogP contribution >= 0.6 is 11.3 Å². The third-order valence-corrected chi connectivity index (χ3v) is 9.29. The number of thiophene rings is 1. The van der Waals surface area contributed by atoms with Crippen LogP contribution in [-0.2, 0) is 5.66 Å². The molecule has 38 heavy (non-hydrogen) atoms. The molecule has 9 nitrogen and oxygen atoms in total. The van der Waals surface area contributed by atoms with Gasteiger partial charge in [0.1, 0.15) is 22.5 Å². The zero-order valence-electron chi connectivity index (χ0n) is 22.0. The Morgan fingerprint density at radius 3 is 2.68 bits per heavy atom. The van der Waals surface area contributed by atoms with Crippen molar-refractivity contribution in [2.45, 2.75) is 57.2 Å². The summed E-state index contributed by atoms with van der Waals surface area (Å²) in [5.74, 6) is -0.144. The lowest BCUT2D eigenvalue weighted by molar-refractivity contribution is 0.0787. The summed E-state index contributed by atoms with van der Waals surface area (Å²) in [4.78, 5) is 54.0. The molecule has 2 fully saturated rings. The summed E-state index contributed by atoms with van der Waals surface area (Å²) in [5, 5.41) is 3.92. The molecule has 6 rings (SSSR count). The predicted molar refractivity (Wildman–Crippen MR) is 148 cm³/mol. The average molecular weight is 533 g/mol. The Morgan fingerprint density at radius 2 is 1.95 bits per heavy atom. The van der Waals surface area contributed by atoms with Gasteiger partial charge in [0.05, 0.1) is 10.6 Å². The van der Waals surface area contributed by atoms with E-state index in [4.69, 9.17) is 0 Å². The van der Waals surface area contributed by atoms with Crippen LogP contribution < -0.4 is 10.9 Å². The fourth-order valence-electron chi connectivity index (χ4n) is 6.17. The van der Waals surface area contributed by atoms with Crippen LogP contribution in [-0.4, -0.2) is 69.4 Å². The number of rotatable bonds is 4. The topological polar surface area (TPSA) is 100 Å². The predicted octanol–water partition coefficient (Wildman–Crippen LogP) is 3.47. The van der Waals surface area contributed by atoms with E-state index < -0.39 is 5.66 Å². The molecule has 1 spiro atoms. The van der Waals surface area contributed by atoms with Crippen molar-refractivity contribution >= 4 is 45.5 Å². The summed E-state index contributed by atoms with van der Waals surface area (Å²) in [6.45, 7) is 3.34. The van der Waals surface area contributed by atoms with Gasteiger partial charge in [-0.05, 0) is 83.0 Å². The van der Waals surface area contributed by atoms with E-state index in [1.165, 1.54) is 17.7 Å². The number of hydrogen-bond donors (Lipinski definition) is 1. The Morgan fingerprint density at radius 1 is 1.16 bits per heavy atom. The minimum absolute atomic E-state index is 0.0229. The molecule has 5 heterocycles. The summed E-state index contributed by atoms with van der Waals surface area (Å²) in [5.41, 5.74) is 1.63. The molecule has 0 radical (unpaired) electrons. The Kier molecular flexibility index (Phi) is 6.19. The van der Waals surface area contributed by atoms with Gasteiger partial charge in [0.15, 0.2) is 0 Å². The van der Waals surface area contributed by atoms with E-state index in [1.54, 1.807) is 16.7 Å². The molecule has 2 amide bonds. The standard InChI is InChI=1S/C28H32N6O3S/c1-17-13-18(26(36)34-23(17)24(35)31-28(34)10-5-4-6-11-28)7-8-21-20-14-22(38-25(20)30-16-29-21)27(37)33-12-9-19(15-33)32(2)3/h7-8,13-14,16,19H,4-6,9-12,15H2,1-3H3,(H,31,35)/b8-7+/t19-/m0/s1. The lowest BCUT2D eigenvalue weighted by Crippen LogP contribution is -2.48. The summed E-state index contributed by atoms with van der Waals surface area (Å²) in [7, 11) is 4.09. The molecular formula is C28H32N6O3S. The first-order valence-corrected chi connectivity index (χ1v) is 14.1. The molecule has 0 unspecified atom stereocenters. The van der Waals surface area contributed by atoms with Gasteiger partial charge in [-0.1, -0.05) is 6.42 Å². The van der Waals surface area contributed by atoms with Crippen molar-refractivity contribution in [1.29, 1.82) is 0 Å². The van der Waals surface area contributed by atoms with Gasteiger partial charge in [0.2, 0.25) is 0 Å². The van der Waals surface area contributed by atoms with Crippen LogP contribution in [0.15, 0.2) is 23.3 Å². The molecule has 1 saturated carbocycles. The number of aryl methyl sites for hydroxylation is 1. The summed E-state index contributed by atoms with van der Waals surface area (Å²) in [6, 6.07) is 4.02. The number of likely N-dealkylation sites (N-methyl/N-ethyl adjacent to an activating group) is 1. The minimum Gasteiger partial charge on any atom is -0.336 e. The first kappa shape index (κ1) is 24.9. The van der Waals surface area contributed by atoms with Crippen molar-refractivity contribution in [1.82, 2.24) is 29.7 Å². The van der Waals surface area contributed by atoms with Gasteiger partial charge in [0, 0.05) is 30.1 Å². The first-order chi connectivity index (χ1) is 18.3. The van der Waals surface area contributed by atoms with Crippen molar-refractivity contribution in [3.8, 4) is 0 Å². The second-order valence-electron chi connectivity index (χ2n) is 10.9. The number of carbonyl (C=O) groups is 2. The quantitative estimate of drug-likeness (QED) is 0.552. The molecule has 1 saturated heterocycles. The molecule has 1 aliphatic carbocycles. The highest BCUT2D eigenvalue weighted by atomic mass is 32.1. The third-order valence-electron chi connectivity index (χ3n) is 8.26. The largest absolute Gasteiger partial charge is 0.336 e. The van der Waals surface area contributed by atoms with Crippen molar-refractivity contribution in [2.75, 3.05) is 27.2 Å². The van der Waals surface area contributed by atoms with E-state index in [9.17, 15) is 14.4 Å². The summed E-state index contributed by atoms with van der Waals surface area (Å²) >= 11 is 1.37. The highest BCUT2D eigenvalue weighted by Crippen LogP contribution is 2.37. The molecule has 2 aliphatic heterocycles. The minimum atomic E-state index is -0.623. The maximum atomic E-state index is 13.7. The van der Waals surface area contributed by atoms with Crippen LogP contribution in [0, 0.1) is 6.92 Å². The number of aromatic nitrogens is 3. The molecule has 10 heteroatoms. The number of nitrogens with zero attached hydrogens (tertiary/aromatic N) is 5. The van der Waals surface area contributed by atoms with E-state index in [1.807, 2.05) is 38.1 Å². The number of amides is 2. The Bertz CT molecular complexity index is 1530. The van der Waals surface area contributed by atoms with Crippen molar-refractivity contribution in [3.05, 3.63) is 56.2 Å². The van der Waals surface area contributed by atoms with E-state index in [0.29, 0.717) is 27.9 Å². The van der Waals surface area contributed by atoms with Gasteiger partial charge >= 0.3 is 0 Å². The molecule has 3 aromatic heterocycles. The van der Waals surface area contributed by atoms with Crippen molar-refractivity contribution in [2.24, 2.45) is 0 Å². The number of pyridine rings is 1. The normalized spacial score (nSPS) is 20.7. The van der Waals surface area contributed by atoms with E-state index in [2.05, 4.69) is 20.2 Å². The van der Waals surface area contributed by atoms with Gasteiger partial charge in [0.25, 0.3) is 17.4 Å². The Balaban J connectivity index is 1.33. The molecule has 3 aliphatic rings. The van der Waals surface area contributed by atoms with Gasteiger partial charge in [-0.3, -0.25) is 19.0 Å². The lowest BCUT2D eigenvalue weighted by atomic mass is 9.89. The van der Waals surface area contributed by atoms with E-state index >= 15 is 0 Å². The summed E-state index contributed by atoms with van der Waals surface area (Å²) < 4.78 is 1.71. The average Bonchev–Trinajstić information content (AvgIpc) is 3.62. The SMILES string of the molecule is Cc1cc(/C=C/c2ncnc3sc(C(=O)N4CC[C@H](N(C)C)C4)cc23)c(=O)n2c1C(=O)NC21CCCCC1. The number of likely N-dealkylation sites (tertiary alicyclic amines) is 1. The molecule has 3 aromatic rings. The zero-order chi connectivity index (χ0) is 26.6. The maximum Gasteiger partial charge on any atom is 0.270 e. The van der Waals surface area contributed by atoms with Crippen LogP contribution in [0.3, 0.4) is 0 Å². The van der Waals surface area contributed by atoms with Gasteiger partial charge in [-0.15, -0.1) is 11.3 Å². The van der Waals surface area contributed by atoms with E-state index in [-0.39, 0.29) is 17.4 Å². The van der Waals surface area contributed by atoms with Crippen molar-refractivity contribution in [3.63, 3.8) is 0 Å². The second kappa shape index (κ2) is 9.43. The smallest absolute Gasteiger partial charge is 0.270 e. The molecule has 1 N–H and O–H groups in total. The van der Waals surface area contributed by atoms with Crippen LogP contribution in [0.25, 0.3) is 22.4 Å². The maximum absolute atomic E-state index is 13.7. The zero-order valence-corrected chi connectivity index (χ0v) is 22.8. The van der Waals surface area contributed by atoms with Crippen LogP contribution in [0.1, 0.15) is 75.5 Å². The highest BCUT2D eigenvalue weighted by molar-refractivity contribution is 7.20. The Labute approximate surface area is 225 Å². The van der Waals surface area contributed by atoms with Crippen LogP contribution in [0.5, 0.6) is 0 Å². The monoisotopic (exact) mass is 532 g/mol. The van der Waals surface area contributed by atoms with Gasteiger partial charge < -0.3 is 15.1 Å². The lowest BCUT2D eigenvalue weighted by Gasteiger charge is -2.35. The number of fused-ring (bicyclic) bond motifs is 3. The molecule has 0 bridgehead atoms. The molecular weight excluding hydrogens is 500 g/mol. The fraction of sp³-hybridized carbons (Fsp3) is 0.464. The van der Waals surface area contributed by atoms with E-state index in [0.717, 1.165) is 67.4 Å². The summed E-state index contributed by atoms with van der Waals surface area (Å²) in [6.07, 6.45) is 10.7. The third kappa shape index (κ3) is 4.06. The highest BCUT2D eigenvalue weighted by Gasteiger charge is 2.45. The van der Waals surface area contributed by atoms with Crippen LogP contribution in [0.2, 0.25) is 0 Å².